The average molecular weight is 408 g/mol. The Morgan fingerprint density at radius 2 is 1.97 bits per heavy atom. The molecule has 0 unspecified atom stereocenters. The summed E-state index contributed by atoms with van der Waals surface area (Å²) in [5, 5.41) is 15.1. The molecule has 0 saturated carbocycles. The van der Waals surface area contributed by atoms with E-state index in [1.165, 1.54) is 18.2 Å². The van der Waals surface area contributed by atoms with Crippen molar-refractivity contribution in [2.24, 2.45) is 5.92 Å². The summed E-state index contributed by atoms with van der Waals surface area (Å²) < 4.78 is 5.36. The first-order valence-electron chi connectivity index (χ1n) is 9.77. The lowest BCUT2D eigenvalue weighted by atomic mass is 10.1. The molecule has 156 valence electrons. The average Bonchev–Trinajstić information content (AvgIpc) is 3.19. The lowest BCUT2D eigenvalue weighted by Gasteiger charge is -2.24. The standard InChI is InChI=1S/C22H24N4O4/c1-15(2)14-25(22(27)18-8-5-9-19(13-18)26(28)29)11-10-20-23-21(24-30-20)17-7-4-6-16(3)12-17/h4-9,12-13,15H,10-11,14H2,1-3H3. The Morgan fingerprint density at radius 3 is 2.67 bits per heavy atom. The molecule has 2 aromatic carbocycles. The summed E-state index contributed by atoms with van der Waals surface area (Å²) in [6.07, 6.45) is 0.395. The summed E-state index contributed by atoms with van der Waals surface area (Å²) >= 11 is 0. The van der Waals surface area contributed by atoms with Gasteiger partial charge in [0.2, 0.25) is 11.7 Å². The molecule has 3 aromatic rings. The molecule has 0 aliphatic rings. The zero-order valence-electron chi connectivity index (χ0n) is 17.2. The van der Waals surface area contributed by atoms with E-state index in [-0.39, 0.29) is 23.1 Å². The molecule has 0 radical (unpaired) electrons. The number of non-ortho nitro benzene ring substituents is 1. The second-order valence-electron chi connectivity index (χ2n) is 7.58. The van der Waals surface area contributed by atoms with Crippen molar-refractivity contribution in [3.05, 3.63) is 75.7 Å². The van der Waals surface area contributed by atoms with E-state index in [1.807, 2.05) is 45.0 Å². The molecule has 0 N–H and O–H groups in total. The topological polar surface area (TPSA) is 102 Å². The highest BCUT2D eigenvalue weighted by atomic mass is 16.6. The Morgan fingerprint density at radius 1 is 1.20 bits per heavy atom. The number of nitrogens with zero attached hydrogens (tertiary/aromatic N) is 4. The van der Waals surface area contributed by atoms with E-state index in [4.69, 9.17) is 4.52 Å². The molecule has 8 heteroatoms. The van der Waals surface area contributed by atoms with Gasteiger partial charge < -0.3 is 9.42 Å². The zero-order valence-corrected chi connectivity index (χ0v) is 17.2. The summed E-state index contributed by atoms with van der Waals surface area (Å²) in [6, 6.07) is 13.6. The van der Waals surface area contributed by atoms with Crippen molar-refractivity contribution in [3.63, 3.8) is 0 Å². The predicted molar refractivity (Wildman–Crippen MR) is 112 cm³/mol. The monoisotopic (exact) mass is 408 g/mol. The van der Waals surface area contributed by atoms with Crippen molar-refractivity contribution in [2.75, 3.05) is 13.1 Å². The van der Waals surface area contributed by atoms with E-state index in [2.05, 4.69) is 10.1 Å². The quantitative estimate of drug-likeness (QED) is 0.407. The fourth-order valence-electron chi connectivity index (χ4n) is 3.14. The van der Waals surface area contributed by atoms with Gasteiger partial charge in [0, 0.05) is 42.8 Å². The Balaban J connectivity index is 1.73. The van der Waals surface area contributed by atoms with Gasteiger partial charge in [0.15, 0.2) is 0 Å². The number of carbonyl (C=O) groups is 1. The third-order valence-corrected chi connectivity index (χ3v) is 4.52. The third-order valence-electron chi connectivity index (χ3n) is 4.52. The highest BCUT2D eigenvalue weighted by Crippen LogP contribution is 2.18. The Kier molecular flexibility index (Phi) is 6.56. The summed E-state index contributed by atoms with van der Waals surface area (Å²) in [5.41, 5.74) is 2.15. The molecule has 0 aliphatic carbocycles. The molecule has 0 atom stereocenters. The molecule has 0 spiro atoms. The molecule has 0 bridgehead atoms. The van der Waals surface area contributed by atoms with Crippen LogP contribution in [0.1, 0.15) is 35.7 Å². The molecule has 1 heterocycles. The van der Waals surface area contributed by atoms with Gasteiger partial charge in [0.1, 0.15) is 0 Å². The third kappa shape index (κ3) is 5.28. The van der Waals surface area contributed by atoms with E-state index in [9.17, 15) is 14.9 Å². The van der Waals surface area contributed by atoms with Gasteiger partial charge in [-0.1, -0.05) is 48.8 Å². The van der Waals surface area contributed by atoms with E-state index in [0.29, 0.717) is 31.2 Å². The number of carbonyl (C=O) groups excluding carboxylic acids is 1. The molecule has 8 nitrogen and oxygen atoms in total. The van der Waals surface area contributed by atoms with Crippen LogP contribution in [0.25, 0.3) is 11.4 Å². The van der Waals surface area contributed by atoms with Gasteiger partial charge in [-0.15, -0.1) is 0 Å². The van der Waals surface area contributed by atoms with Crippen LogP contribution in [0.2, 0.25) is 0 Å². The molecule has 0 aliphatic heterocycles. The van der Waals surface area contributed by atoms with E-state index < -0.39 is 4.92 Å². The molecule has 3 rings (SSSR count). The number of hydrogen-bond acceptors (Lipinski definition) is 6. The summed E-state index contributed by atoms with van der Waals surface area (Å²) in [5.74, 6) is 0.922. The summed E-state index contributed by atoms with van der Waals surface area (Å²) in [4.78, 5) is 29.6. The maximum Gasteiger partial charge on any atom is 0.270 e. The van der Waals surface area contributed by atoms with Crippen LogP contribution in [-0.4, -0.2) is 39.0 Å². The second kappa shape index (κ2) is 9.30. The molecule has 30 heavy (non-hydrogen) atoms. The first-order chi connectivity index (χ1) is 14.3. The molecule has 1 amide bonds. The fraction of sp³-hybridized carbons (Fsp3) is 0.318. The van der Waals surface area contributed by atoms with E-state index >= 15 is 0 Å². The van der Waals surface area contributed by atoms with Gasteiger partial charge >= 0.3 is 0 Å². The number of aromatic nitrogens is 2. The second-order valence-corrected chi connectivity index (χ2v) is 7.58. The lowest BCUT2D eigenvalue weighted by molar-refractivity contribution is -0.384. The van der Waals surface area contributed by atoms with Crippen LogP contribution in [0.4, 0.5) is 5.69 Å². The van der Waals surface area contributed by atoms with Gasteiger partial charge in [0.25, 0.3) is 11.6 Å². The highest BCUT2D eigenvalue weighted by Gasteiger charge is 2.20. The highest BCUT2D eigenvalue weighted by molar-refractivity contribution is 5.94. The summed E-state index contributed by atoms with van der Waals surface area (Å²) in [6.45, 7) is 6.90. The molecular weight excluding hydrogens is 384 g/mol. The van der Waals surface area contributed by atoms with E-state index in [0.717, 1.165) is 11.1 Å². The first-order valence-corrected chi connectivity index (χ1v) is 9.77. The van der Waals surface area contributed by atoms with Crippen LogP contribution in [-0.2, 0) is 6.42 Å². The minimum atomic E-state index is -0.505. The van der Waals surface area contributed by atoms with Crippen LogP contribution in [0.5, 0.6) is 0 Å². The maximum absolute atomic E-state index is 13.0. The van der Waals surface area contributed by atoms with Crippen molar-refractivity contribution in [2.45, 2.75) is 27.2 Å². The normalized spacial score (nSPS) is 10.9. The number of nitro groups is 1. The SMILES string of the molecule is Cc1cccc(-c2noc(CCN(CC(C)C)C(=O)c3cccc([N+](=O)[O-])c3)n2)c1. The smallest absolute Gasteiger partial charge is 0.270 e. The first kappa shape index (κ1) is 21.2. The van der Waals surface area contributed by atoms with Gasteiger partial charge in [-0.25, -0.2) is 0 Å². The van der Waals surface area contributed by atoms with E-state index in [1.54, 1.807) is 11.0 Å². The number of benzene rings is 2. The maximum atomic E-state index is 13.0. The van der Waals surface area contributed by atoms with Crippen LogP contribution in [0.3, 0.4) is 0 Å². The predicted octanol–water partition coefficient (Wildman–Crippen LogP) is 4.29. The fourth-order valence-corrected chi connectivity index (χ4v) is 3.14. The molecular formula is C22H24N4O4. The summed E-state index contributed by atoms with van der Waals surface area (Å²) in [7, 11) is 0. The van der Waals surface area contributed by atoms with Gasteiger partial charge in [0.05, 0.1) is 4.92 Å². The molecule has 0 fully saturated rings. The minimum absolute atomic E-state index is 0.106. The van der Waals surface area contributed by atoms with Gasteiger partial charge in [-0.2, -0.15) is 4.98 Å². The number of hydrogen-bond donors (Lipinski definition) is 0. The van der Waals surface area contributed by atoms with Crippen LogP contribution in [0, 0.1) is 23.0 Å². The number of rotatable bonds is 8. The van der Waals surface area contributed by atoms with Gasteiger partial charge in [-0.3, -0.25) is 14.9 Å². The van der Waals surface area contributed by atoms with Gasteiger partial charge in [-0.05, 0) is 25.0 Å². The van der Waals surface area contributed by atoms with Crippen molar-refractivity contribution in [1.29, 1.82) is 0 Å². The van der Waals surface area contributed by atoms with Crippen molar-refractivity contribution in [3.8, 4) is 11.4 Å². The van der Waals surface area contributed by atoms with Crippen LogP contribution in [0.15, 0.2) is 53.1 Å². The number of aryl methyl sites for hydroxylation is 1. The number of nitro benzene ring substituents is 1. The van der Waals surface area contributed by atoms with Crippen molar-refractivity contribution < 1.29 is 14.2 Å². The Hall–Kier alpha value is -3.55. The largest absolute Gasteiger partial charge is 0.339 e. The van der Waals surface area contributed by atoms with Crippen molar-refractivity contribution >= 4 is 11.6 Å². The molecule has 1 aromatic heterocycles. The Labute approximate surface area is 174 Å². The zero-order chi connectivity index (χ0) is 21.7. The lowest BCUT2D eigenvalue weighted by Crippen LogP contribution is -2.36. The molecule has 0 saturated heterocycles. The Bertz CT molecular complexity index is 1040. The minimum Gasteiger partial charge on any atom is -0.339 e. The van der Waals surface area contributed by atoms with Crippen molar-refractivity contribution in [1.82, 2.24) is 15.0 Å². The van der Waals surface area contributed by atoms with Crippen LogP contribution >= 0.6 is 0 Å². The van der Waals surface area contributed by atoms with Crippen LogP contribution < -0.4 is 0 Å². The number of amides is 1.